The van der Waals surface area contributed by atoms with E-state index in [4.69, 9.17) is 0 Å². The maximum Gasteiger partial charge on any atom is 0.0385 e. The third-order valence-corrected chi connectivity index (χ3v) is 2.98. The smallest absolute Gasteiger partial charge is 0.0385 e. The van der Waals surface area contributed by atoms with Crippen LogP contribution in [0.2, 0.25) is 0 Å². The molecule has 4 nitrogen and oxygen atoms in total. The first kappa shape index (κ1) is 11.9. The number of hydrogen-bond acceptors (Lipinski definition) is 4. The molecule has 1 rings (SSSR count). The minimum absolute atomic E-state index is 0.654. The van der Waals surface area contributed by atoms with Crippen LogP contribution in [0.15, 0.2) is 0 Å². The Morgan fingerprint density at radius 1 is 1.07 bits per heavy atom. The van der Waals surface area contributed by atoms with Gasteiger partial charge in [-0.05, 0) is 6.42 Å². The first-order valence-corrected chi connectivity index (χ1v) is 5.42. The van der Waals surface area contributed by atoms with Gasteiger partial charge in [0.2, 0.25) is 0 Å². The highest BCUT2D eigenvalue weighted by Gasteiger charge is 2.27. The Morgan fingerprint density at radius 3 is 2.14 bits per heavy atom. The predicted molar refractivity (Wildman–Crippen MR) is 59.7 cm³/mol. The molecule has 0 aromatic carbocycles. The zero-order valence-corrected chi connectivity index (χ0v) is 10.2. The molecule has 1 saturated heterocycles. The van der Waals surface area contributed by atoms with Crippen LogP contribution in [-0.4, -0.2) is 73.9 Å². The van der Waals surface area contributed by atoms with Crippen molar-refractivity contribution >= 4 is 0 Å². The van der Waals surface area contributed by atoms with Crippen LogP contribution in [0.4, 0.5) is 0 Å². The molecule has 1 atom stereocenters. The summed E-state index contributed by atoms with van der Waals surface area (Å²) in [7, 11) is 8.51. The second-order valence-corrected chi connectivity index (χ2v) is 4.33. The summed E-state index contributed by atoms with van der Waals surface area (Å²) >= 11 is 0. The summed E-state index contributed by atoms with van der Waals surface area (Å²) in [5, 5.41) is 9.30. The van der Waals surface area contributed by atoms with Crippen LogP contribution in [-0.2, 0) is 0 Å². The molecule has 14 heavy (non-hydrogen) atoms. The third-order valence-electron chi connectivity index (χ3n) is 2.98. The maximum absolute atomic E-state index is 2.46. The molecular weight excluding hydrogens is 176 g/mol. The molecule has 0 spiro atoms. The Labute approximate surface area is 88.0 Å². The number of piperazine rings is 1. The SMILES string of the molecule is CCC1CN(N(C)C)CCN1N(C)C. The van der Waals surface area contributed by atoms with E-state index in [9.17, 15) is 0 Å². The predicted octanol–water partition coefficient (Wildman–Crippen LogP) is 0.336. The van der Waals surface area contributed by atoms with Crippen LogP contribution in [0.5, 0.6) is 0 Å². The van der Waals surface area contributed by atoms with Gasteiger partial charge in [0.15, 0.2) is 0 Å². The van der Waals surface area contributed by atoms with Crippen LogP contribution >= 0.6 is 0 Å². The van der Waals surface area contributed by atoms with Gasteiger partial charge in [-0.1, -0.05) is 6.92 Å². The number of hydrogen-bond donors (Lipinski definition) is 0. The molecule has 0 aliphatic carbocycles. The summed E-state index contributed by atoms with van der Waals surface area (Å²) in [6.07, 6.45) is 1.21. The molecule has 0 N–H and O–H groups in total. The lowest BCUT2D eigenvalue weighted by molar-refractivity contribution is -0.113. The Balaban J connectivity index is 2.54. The average molecular weight is 200 g/mol. The van der Waals surface area contributed by atoms with Crippen LogP contribution in [0.25, 0.3) is 0 Å². The molecule has 0 amide bonds. The van der Waals surface area contributed by atoms with E-state index in [0.29, 0.717) is 6.04 Å². The largest absolute Gasteiger partial charge is 0.248 e. The monoisotopic (exact) mass is 200 g/mol. The molecule has 0 bridgehead atoms. The zero-order valence-electron chi connectivity index (χ0n) is 10.2. The normalized spacial score (nSPS) is 26.4. The minimum Gasteiger partial charge on any atom is -0.248 e. The van der Waals surface area contributed by atoms with Gasteiger partial charge in [-0.2, -0.15) is 0 Å². The highest BCUT2D eigenvalue weighted by atomic mass is 15.7. The fourth-order valence-electron chi connectivity index (χ4n) is 2.06. The molecule has 0 aromatic heterocycles. The van der Waals surface area contributed by atoms with E-state index in [2.05, 4.69) is 55.2 Å². The highest BCUT2D eigenvalue weighted by molar-refractivity contribution is 4.77. The van der Waals surface area contributed by atoms with E-state index in [-0.39, 0.29) is 0 Å². The summed E-state index contributed by atoms with van der Waals surface area (Å²) < 4.78 is 0. The number of rotatable bonds is 3. The molecule has 0 saturated carbocycles. The Kier molecular flexibility index (Phi) is 4.31. The van der Waals surface area contributed by atoms with Crippen molar-refractivity contribution in [1.82, 2.24) is 20.0 Å². The highest BCUT2D eigenvalue weighted by Crippen LogP contribution is 2.13. The van der Waals surface area contributed by atoms with Crippen LogP contribution < -0.4 is 0 Å². The first-order valence-electron chi connectivity index (χ1n) is 5.42. The van der Waals surface area contributed by atoms with Gasteiger partial charge in [-0.3, -0.25) is 0 Å². The van der Waals surface area contributed by atoms with E-state index in [1.165, 1.54) is 6.42 Å². The molecule has 84 valence electrons. The number of nitrogens with zero attached hydrogens (tertiary/aromatic N) is 4. The average Bonchev–Trinajstić information content (AvgIpc) is 2.16. The minimum atomic E-state index is 0.654. The molecule has 0 radical (unpaired) electrons. The Morgan fingerprint density at radius 2 is 1.71 bits per heavy atom. The van der Waals surface area contributed by atoms with Crippen LogP contribution in [0, 0.1) is 0 Å². The van der Waals surface area contributed by atoms with E-state index in [0.717, 1.165) is 19.6 Å². The lowest BCUT2D eigenvalue weighted by Gasteiger charge is -2.45. The van der Waals surface area contributed by atoms with Crippen molar-refractivity contribution in [3.63, 3.8) is 0 Å². The van der Waals surface area contributed by atoms with Gasteiger partial charge in [0, 0.05) is 53.9 Å². The van der Waals surface area contributed by atoms with E-state index in [1.54, 1.807) is 0 Å². The van der Waals surface area contributed by atoms with Gasteiger partial charge in [-0.25, -0.2) is 20.0 Å². The van der Waals surface area contributed by atoms with E-state index >= 15 is 0 Å². The molecule has 0 aromatic rings. The Hall–Kier alpha value is -0.160. The van der Waals surface area contributed by atoms with Crippen LogP contribution in [0.3, 0.4) is 0 Å². The van der Waals surface area contributed by atoms with Crippen molar-refractivity contribution in [3.05, 3.63) is 0 Å². The lowest BCUT2D eigenvalue weighted by Crippen LogP contribution is -2.59. The molecule has 1 unspecified atom stereocenters. The van der Waals surface area contributed by atoms with Gasteiger partial charge < -0.3 is 0 Å². The maximum atomic E-state index is 2.46. The van der Waals surface area contributed by atoms with Crippen LogP contribution in [0.1, 0.15) is 13.3 Å². The van der Waals surface area contributed by atoms with Crippen molar-refractivity contribution in [3.8, 4) is 0 Å². The summed E-state index contributed by atoms with van der Waals surface area (Å²) in [4.78, 5) is 0. The zero-order chi connectivity index (χ0) is 10.7. The third kappa shape index (κ3) is 2.67. The van der Waals surface area contributed by atoms with Gasteiger partial charge >= 0.3 is 0 Å². The standard InChI is InChI=1S/C10H24N4/c1-6-10-9-13(11(2)3)7-8-14(10)12(4)5/h10H,6-9H2,1-5H3. The molecular formula is C10H24N4. The van der Waals surface area contributed by atoms with Crippen molar-refractivity contribution in [2.75, 3.05) is 47.8 Å². The van der Waals surface area contributed by atoms with Crippen molar-refractivity contribution < 1.29 is 0 Å². The molecule has 4 heteroatoms. The second kappa shape index (κ2) is 5.07. The summed E-state index contributed by atoms with van der Waals surface area (Å²) in [5.41, 5.74) is 0. The second-order valence-electron chi connectivity index (χ2n) is 4.33. The summed E-state index contributed by atoms with van der Waals surface area (Å²) in [6.45, 7) is 5.66. The summed E-state index contributed by atoms with van der Waals surface area (Å²) in [5.74, 6) is 0. The quantitative estimate of drug-likeness (QED) is 0.651. The molecule has 1 heterocycles. The first-order chi connectivity index (χ1) is 6.56. The van der Waals surface area contributed by atoms with Crippen molar-refractivity contribution in [2.24, 2.45) is 0 Å². The Bertz CT molecular complexity index is 170. The van der Waals surface area contributed by atoms with Gasteiger partial charge in [0.1, 0.15) is 0 Å². The topological polar surface area (TPSA) is 13.0 Å². The lowest BCUT2D eigenvalue weighted by atomic mass is 10.1. The van der Waals surface area contributed by atoms with E-state index < -0.39 is 0 Å². The van der Waals surface area contributed by atoms with Gasteiger partial charge in [0.25, 0.3) is 0 Å². The van der Waals surface area contributed by atoms with Crippen molar-refractivity contribution in [2.45, 2.75) is 19.4 Å². The fourth-order valence-corrected chi connectivity index (χ4v) is 2.06. The molecule has 1 aliphatic rings. The van der Waals surface area contributed by atoms with Gasteiger partial charge in [0.05, 0.1) is 0 Å². The van der Waals surface area contributed by atoms with Crippen molar-refractivity contribution in [1.29, 1.82) is 0 Å². The van der Waals surface area contributed by atoms with Gasteiger partial charge in [-0.15, -0.1) is 0 Å². The fraction of sp³-hybridized carbons (Fsp3) is 1.00. The number of hydrazine groups is 2. The molecule has 1 aliphatic heterocycles. The summed E-state index contributed by atoms with van der Waals surface area (Å²) in [6, 6.07) is 0.654. The molecule has 1 fully saturated rings. The van der Waals surface area contributed by atoms with E-state index in [1.807, 2.05) is 0 Å².